The molecular formula is C14H18N2OS. The van der Waals surface area contributed by atoms with E-state index in [4.69, 9.17) is 0 Å². The van der Waals surface area contributed by atoms with Crippen molar-refractivity contribution in [2.75, 3.05) is 5.32 Å². The van der Waals surface area contributed by atoms with Crippen LogP contribution in [0.1, 0.15) is 49.1 Å². The fourth-order valence-electron chi connectivity index (χ4n) is 2.42. The molecule has 0 radical (unpaired) electrons. The van der Waals surface area contributed by atoms with Gasteiger partial charge in [0.2, 0.25) is 5.91 Å². The molecule has 1 unspecified atom stereocenters. The maximum absolute atomic E-state index is 11.5. The van der Waals surface area contributed by atoms with Gasteiger partial charge in [0.05, 0.1) is 5.56 Å². The molecule has 0 aliphatic heterocycles. The second kappa shape index (κ2) is 5.53. The number of nitrogens with zero attached hydrogens (tertiary/aromatic N) is 1. The second-order valence-electron chi connectivity index (χ2n) is 4.74. The topological polar surface area (TPSA) is 52.9 Å². The minimum atomic E-state index is -0.0165. The molecule has 1 amide bonds. The van der Waals surface area contributed by atoms with Crippen LogP contribution in [0.2, 0.25) is 0 Å². The highest BCUT2D eigenvalue weighted by Gasteiger charge is 2.25. The highest BCUT2D eigenvalue weighted by Crippen LogP contribution is 2.39. The summed E-state index contributed by atoms with van der Waals surface area (Å²) in [6.07, 6.45) is 4.85. The molecule has 0 saturated carbocycles. The van der Waals surface area contributed by atoms with E-state index in [2.05, 4.69) is 18.3 Å². The van der Waals surface area contributed by atoms with E-state index >= 15 is 0 Å². The molecule has 0 spiro atoms. The van der Waals surface area contributed by atoms with Gasteiger partial charge in [-0.25, -0.2) is 0 Å². The first-order valence-electron chi connectivity index (χ1n) is 6.54. The summed E-state index contributed by atoms with van der Waals surface area (Å²) >= 11 is 1.59. The highest BCUT2D eigenvalue weighted by molar-refractivity contribution is 7.16. The molecule has 2 rings (SSSR count). The van der Waals surface area contributed by atoms with Crippen LogP contribution >= 0.6 is 11.3 Å². The summed E-state index contributed by atoms with van der Waals surface area (Å²) in [7, 11) is 0. The van der Waals surface area contributed by atoms with Crippen LogP contribution in [-0.4, -0.2) is 5.91 Å². The Balaban J connectivity index is 2.31. The molecular weight excluding hydrogens is 244 g/mol. The molecule has 1 aliphatic carbocycles. The number of fused-ring (bicyclic) bond motifs is 1. The number of nitrogens with one attached hydrogen (secondary N) is 1. The summed E-state index contributed by atoms with van der Waals surface area (Å²) in [4.78, 5) is 12.8. The van der Waals surface area contributed by atoms with Gasteiger partial charge in [-0.1, -0.05) is 20.3 Å². The van der Waals surface area contributed by atoms with Crippen LogP contribution in [0, 0.1) is 17.2 Å². The van der Waals surface area contributed by atoms with E-state index in [9.17, 15) is 10.1 Å². The van der Waals surface area contributed by atoms with Crippen LogP contribution in [0.4, 0.5) is 5.00 Å². The van der Waals surface area contributed by atoms with E-state index in [1.54, 1.807) is 11.3 Å². The Morgan fingerprint density at radius 3 is 2.94 bits per heavy atom. The van der Waals surface area contributed by atoms with Gasteiger partial charge in [0.15, 0.2) is 0 Å². The molecule has 0 saturated heterocycles. The molecule has 0 bridgehead atoms. The Bertz CT molecular complexity index is 499. The zero-order valence-corrected chi connectivity index (χ0v) is 11.7. The smallest absolute Gasteiger partial charge is 0.224 e. The van der Waals surface area contributed by atoms with Gasteiger partial charge in [-0.15, -0.1) is 11.3 Å². The predicted molar refractivity (Wildman–Crippen MR) is 73.8 cm³/mol. The van der Waals surface area contributed by atoms with Crippen LogP contribution in [0.5, 0.6) is 0 Å². The van der Waals surface area contributed by atoms with E-state index < -0.39 is 0 Å². The van der Waals surface area contributed by atoms with Crippen molar-refractivity contribution in [3.63, 3.8) is 0 Å². The zero-order valence-electron chi connectivity index (χ0n) is 10.9. The molecule has 1 aliphatic rings. The SMILES string of the molecule is CCC(=O)Nc1sc2c(c1C#N)CCC(CC)C2. The molecule has 3 nitrogen and oxygen atoms in total. The van der Waals surface area contributed by atoms with Crippen molar-refractivity contribution in [3.8, 4) is 6.07 Å². The summed E-state index contributed by atoms with van der Waals surface area (Å²) in [5.41, 5.74) is 1.88. The molecule has 0 aromatic carbocycles. The lowest BCUT2D eigenvalue weighted by molar-refractivity contribution is -0.115. The summed E-state index contributed by atoms with van der Waals surface area (Å²) in [6.45, 7) is 4.04. The lowest BCUT2D eigenvalue weighted by Gasteiger charge is -2.20. The number of carbonyl (C=O) groups excluding carboxylic acids is 1. The number of thiophene rings is 1. The number of hydrogen-bond donors (Lipinski definition) is 1. The van der Waals surface area contributed by atoms with Crippen LogP contribution < -0.4 is 5.32 Å². The molecule has 96 valence electrons. The van der Waals surface area contributed by atoms with E-state index in [0.717, 1.165) is 30.2 Å². The van der Waals surface area contributed by atoms with Gasteiger partial charge in [-0.3, -0.25) is 4.79 Å². The van der Waals surface area contributed by atoms with E-state index in [0.29, 0.717) is 12.0 Å². The van der Waals surface area contributed by atoms with Crippen molar-refractivity contribution in [1.29, 1.82) is 5.26 Å². The van der Waals surface area contributed by atoms with E-state index in [-0.39, 0.29) is 5.91 Å². The first-order valence-corrected chi connectivity index (χ1v) is 7.35. The zero-order chi connectivity index (χ0) is 13.1. The monoisotopic (exact) mass is 262 g/mol. The Morgan fingerprint density at radius 1 is 1.56 bits per heavy atom. The summed E-state index contributed by atoms with van der Waals surface area (Å²) < 4.78 is 0. The molecule has 4 heteroatoms. The summed E-state index contributed by atoms with van der Waals surface area (Å²) in [5.74, 6) is 0.717. The Labute approximate surface area is 112 Å². The summed E-state index contributed by atoms with van der Waals surface area (Å²) in [5, 5.41) is 12.9. The molecule has 18 heavy (non-hydrogen) atoms. The van der Waals surface area contributed by atoms with Crippen LogP contribution in [0.25, 0.3) is 0 Å². The number of hydrogen-bond acceptors (Lipinski definition) is 3. The first kappa shape index (κ1) is 13.1. The fraction of sp³-hybridized carbons (Fsp3) is 0.571. The average molecular weight is 262 g/mol. The van der Waals surface area contributed by atoms with Gasteiger partial charge >= 0.3 is 0 Å². The minimum Gasteiger partial charge on any atom is -0.317 e. The van der Waals surface area contributed by atoms with Gasteiger partial charge in [0.1, 0.15) is 11.1 Å². The minimum absolute atomic E-state index is 0.0165. The lowest BCUT2D eigenvalue weighted by Crippen LogP contribution is -2.12. The standard InChI is InChI=1S/C14H18N2OS/c1-3-9-5-6-10-11(8-15)14(16-13(17)4-2)18-12(10)7-9/h9H,3-7H2,1-2H3,(H,16,17). The normalized spacial score (nSPS) is 17.9. The first-order chi connectivity index (χ1) is 8.69. The van der Waals surface area contributed by atoms with Gasteiger partial charge in [-0.05, 0) is 30.7 Å². The average Bonchev–Trinajstić information content (AvgIpc) is 2.74. The third-order valence-corrected chi connectivity index (χ3v) is 4.80. The van der Waals surface area contributed by atoms with Crippen molar-refractivity contribution in [3.05, 3.63) is 16.0 Å². The van der Waals surface area contributed by atoms with Crippen molar-refractivity contribution in [2.45, 2.75) is 46.0 Å². The van der Waals surface area contributed by atoms with Gasteiger partial charge in [0, 0.05) is 11.3 Å². The number of amides is 1. The molecule has 0 fully saturated rings. The third kappa shape index (κ3) is 2.41. The largest absolute Gasteiger partial charge is 0.317 e. The van der Waals surface area contributed by atoms with E-state index in [1.165, 1.54) is 16.9 Å². The Kier molecular flexibility index (Phi) is 4.03. The lowest BCUT2D eigenvalue weighted by atomic mass is 9.86. The van der Waals surface area contributed by atoms with Crippen LogP contribution in [0.15, 0.2) is 0 Å². The molecule has 1 aromatic heterocycles. The van der Waals surface area contributed by atoms with Gasteiger partial charge in [0.25, 0.3) is 0 Å². The van der Waals surface area contributed by atoms with Crippen LogP contribution in [-0.2, 0) is 17.6 Å². The Hall–Kier alpha value is -1.34. The van der Waals surface area contributed by atoms with Crippen molar-refractivity contribution < 1.29 is 4.79 Å². The van der Waals surface area contributed by atoms with Gasteiger partial charge in [-0.2, -0.15) is 5.26 Å². The van der Waals surface area contributed by atoms with Crippen molar-refractivity contribution in [1.82, 2.24) is 0 Å². The number of nitriles is 1. The van der Waals surface area contributed by atoms with E-state index in [1.807, 2.05) is 6.92 Å². The maximum Gasteiger partial charge on any atom is 0.224 e. The molecule has 1 N–H and O–H groups in total. The number of rotatable bonds is 3. The van der Waals surface area contributed by atoms with Crippen molar-refractivity contribution in [2.24, 2.45) is 5.92 Å². The quantitative estimate of drug-likeness (QED) is 0.906. The maximum atomic E-state index is 11.5. The molecule has 1 atom stereocenters. The van der Waals surface area contributed by atoms with Crippen LogP contribution in [0.3, 0.4) is 0 Å². The van der Waals surface area contributed by atoms with Gasteiger partial charge < -0.3 is 5.32 Å². The fourth-order valence-corrected chi connectivity index (χ4v) is 3.75. The van der Waals surface area contributed by atoms with Crippen molar-refractivity contribution >= 4 is 22.2 Å². The third-order valence-electron chi connectivity index (χ3n) is 3.63. The summed E-state index contributed by atoms with van der Waals surface area (Å²) in [6, 6.07) is 2.26. The molecule has 1 heterocycles. The number of carbonyl (C=O) groups is 1. The molecule has 1 aromatic rings. The highest BCUT2D eigenvalue weighted by atomic mass is 32.1. The number of anilines is 1. The predicted octanol–water partition coefficient (Wildman–Crippen LogP) is 3.48. The Morgan fingerprint density at radius 2 is 2.33 bits per heavy atom. The second-order valence-corrected chi connectivity index (χ2v) is 5.84.